The van der Waals surface area contributed by atoms with Gasteiger partial charge in [-0.1, -0.05) is 0 Å². The van der Waals surface area contributed by atoms with Gasteiger partial charge < -0.3 is 29.7 Å². The molecule has 15 heteroatoms. The third kappa shape index (κ3) is 6.27. The van der Waals surface area contributed by atoms with Crippen molar-refractivity contribution in [2.45, 2.75) is 88.3 Å². The van der Waals surface area contributed by atoms with Gasteiger partial charge in [0.25, 0.3) is 0 Å². The molecule has 0 spiro atoms. The maximum Gasteiger partial charge on any atom is 0.227 e. The first-order valence-electron chi connectivity index (χ1n) is 19.9. The van der Waals surface area contributed by atoms with Gasteiger partial charge >= 0.3 is 0 Å². The summed E-state index contributed by atoms with van der Waals surface area (Å²) in [6, 6.07) is 8.87. The van der Waals surface area contributed by atoms with Gasteiger partial charge in [0.1, 0.15) is 11.6 Å². The second kappa shape index (κ2) is 12.5. The number of aliphatic hydroxyl groups is 1. The molecule has 5 atom stereocenters. The fourth-order valence-electron chi connectivity index (χ4n) is 10.7. The van der Waals surface area contributed by atoms with E-state index < -0.39 is 7.14 Å². The lowest BCUT2D eigenvalue weighted by atomic mass is 9.85. The number of fused-ring (bicyclic) bond motifs is 4. The monoisotopic (exact) mass is 752 g/mol. The van der Waals surface area contributed by atoms with E-state index in [1.54, 1.807) is 0 Å². The maximum atomic E-state index is 12.8. The molecule has 0 aromatic carbocycles. The molecule has 0 radical (unpaired) electrons. The topological polar surface area (TPSA) is 146 Å². The van der Waals surface area contributed by atoms with Gasteiger partial charge in [0, 0.05) is 105 Å². The Kier molecular flexibility index (Phi) is 7.97. The first-order valence-corrected chi connectivity index (χ1v) is 22.7. The summed E-state index contributed by atoms with van der Waals surface area (Å²) < 4.78 is 17.0. The molecule has 10 rings (SSSR count). The smallest absolute Gasteiger partial charge is 0.227 e. The Morgan fingerprint density at radius 3 is 2.35 bits per heavy atom. The number of aromatic nitrogens is 8. The Morgan fingerprint density at radius 1 is 0.870 bits per heavy atom. The number of nitrogens with one attached hydrogen (secondary N) is 1. The molecule has 0 amide bonds. The Balaban J connectivity index is 0.863. The van der Waals surface area contributed by atoms with Crippen molar-refractivity contribution >= 4 is 42.3 Å². The molecule has 6 aliphatic rings. The number of hydrogen-bond acceptors (Lipinski definition) is 12. The molecule has 2 saturated heterocycles. The zero-order valence-electron chi connectivity index (χ0n) is 32.0. The van der Waals surface area contributed by atoms with Crippen LogP contribution in [0, 0.1) is 16.7 Å². The van der Waals surface area contributed by atoms with Crippen LogP contribution < -0.4 is 20.0 Å². The summed E-state index contributed by atoms with van der Waals surface area (Å²) >= 11 is 0. The second-order valence-corrected chi connectivity index (χ2v) is 21.6. The summed E-state index contributed by atoms with van der Waals surface area (Å²) in [5.41, 5.74) is 2.49. The normalized spacial score (nSPS) is 28.8. The fraction of sp³-hybridized carbons (Fsp3) is 0.641. The van der Waals surface area contributed by atoms with E-state index in [1.807, 2.05) is 61.5 Å². The zero-order chi connectivity index (χ0) is 37.0. The minimum atomic E-state index is -2.12. The SMILES string of the molecule is CN(c1ccnc(N2CC3(CO)CC(Cn4nc(Nc5ccnc(N6CC7(CP(C)(C)=O)CCC6C7)n5)cc4C4CC4)C2C3)n1)c1cc(C2CC2)n(C)n1. The summed E-state index contributed by atoms with van der Waals surface area (Å²) in [7, 11) is 1.92. The van der Waals surface area contributed by atoms with Crippen molar-refractivity contribution in [2.24, 2.45) is 23.8 Å². The van der Waals surface area contributed by atoms with E-state index in [-0.39, 0.29) is 23.5 Å². The zero-order valence-corrected chi connectivity index (χ0v) is 32.9. The third-order valence-corrected chi connectivity index (χ3v) is 14.7. The summed E-state index contributed by atoms with van der Waals surface area (Å²) in [4.78, 5) is 26.3. The summed E-state index contributed by atoms with van der Waals surface area (Å²) in [6.45, 7) is 6.40. The number of rotatable bonds is 13. The predicted octanol–water partition coefficient (Wildman–Crippen LogP) is 5.72. The van der Waals surface area contributed by atoms with Crippen molar-refractivity contribution in [3.63, 3.8) is 0 Å². The van der Waals surface area contributed by atoms with Crippen LogP contribution in [0.2, 0.25) is 0 Å². The molecule has 4 aromatic heterocycles. The number of aryl methyl sites for hydroxylation is 1. The summed E-state index contributed by atoms with van der Waals surface area (Å²) in [6.07, 6.45) is 14.5. The van der Waals surface area contributed by atoms with Crippen molar-refractivity contribution in [3.05, 3.63) is 48.0 Å². The first-order chi connectivity index (χ1) is 26.0. The summed E-state index contributed by atoms with van der Waals surface area (Å²) in [5, 5.41) is 24.2. The molecule has 2 aliphatic heterocycles. The van der Waals surface area contributed by atoms with Gasteiger partial charge in [0.2, 0.25) is 11.9 Å². The number of aliphatic hydroxyl groups excluding tert-OH is 1. The van der Waals surface area contributed by atoms with Gasteiger partial charge in [0.15, 0.2) is 11.6 Å². The quantitative estimate of drug-likeness (QED) is 0.161. The van der Waals surface area contributed by atoms with Crippen LogP contribution in [0.5, 0.6) is 0 Å². The Bertz CT molecular complexity index is 2120. The van der Waals surface area contributed by atoms with E-state index in [2.05, 4.69) is 36.9 Å². The molecule has 4 bridgehead atoms. The average molecular weight is 753 g/mol. The fourth-order valence-corrected chi connectivity index (χ4v) is 12.7. The van der Waals surface area contributed by atoms with E-state index >= 15 is 0 Å². The number of anilines is 6. The van der Waals surface area contributed by atoms with Gasteiger partial charge in [-0.15, -0.1) is 0 Å². The van der Waals surface area contributed by atoms with Crippen LogP contribution in [0.3, 0.4) is 0 Å². The highest BCUT2D eigenvalue weighted by Crippen LogP contribution is 2.56. The molecule has 6 heterocycles. The van der Waals surface area contributed by atoms with E-state index in [9.17, 15) is 9.67 Å². The van der Waals surface area contributed by atoms with Crippen LogP contribution in [0.1, 0.15) is 81.0 Å². The van der Waals surface area contributed by atoms with Crippen LogP contribution in [0.4, 0.5) is 35.2 Å². The molecule has 6 fully saturated rings. The van der Waals surface area contributed by atoms with Crippen molar-refractivity contribution in [2.75, 3.05) is 66.3 Å². The Labute approximate surface area is 317 Å². The lowest BCUT2D eigenvalue weighted by molar-refractivity contribution is 0.133. The standard InChI is InChI=1S/C39H53N12O2P/c1-47(35-16-29(25-5-6-25)48(2)46-35)34-11-14-41-37(44-34)50-22-39(23-52)17-27(31(50)19-39)20-51-30(26-7-8-26)15-33(45-51)42-32-10-13-40-36(43-32)49-21-38(24-54(3,4)53)12-9-28(49)18-38/h10-11,13-16,25-28,31,52H,5-9,12,17-24H2,1-4H3,(H,40,42,43,45). The molecular weight excluding hydrogens is 699 g/mol. The molecule has 4 aliphatic carbocycles. The molecule has 5 unspecified atom stereocenters. The molecule has 286 valence electrons. The highest BCUT2D eigenvalue weighted by Gasteiger charge is 2.56. The molecule has 4 saturated carbocycles. The van der Waals surface area contributed by atoms with Crippen LogP contribution in [0.25, 0.3) is 0 Å². The predicted molar refractivity (Wildman–Crippen MR) is 210 cm³/mol. The Morgan fingerprint density at radius 2 is 1.61 bits per heavy atom. The average Bonchev–Trinajstić information content (AvgIpc) is 3.90. The lowest BCUT2D eigenvalue weighted by Crippen LogP contribution is -2.44. The van der Waals surface area contributed by atoms with E-state index in [0.29, 0.717) is 29.7 Å². The number of hydrogen-bond donors (Lipinski definition) is 2. The van der Waals surface area contributed by atoms with E-state index in [0.717, 1.165) is 87.1 Å². The van der Waals surface area contributed by atoms with Crippen molar-refractivity contribution in [3.8, 4) is 0 Å². The van der Waals surface area contributed by atoms with Crippen LogP contribution in [-0.4, -0.2) is 103 Å². The highest BCUT2D eigenvalue weighted by molar-refractivity contribution is 7.62. The third-order valence-electron chi connectivity index (χ3n) is 13.3. The molecule has 54 heavy (non-hydrogen) atoms. The summed E-state index contributed by atoms with van der Waals surface area (Å²) in [5.74, 6) is 6.13. The highest BCUT2D eigenvalue weighted by atomic mass is 31.2. The minimum Gasteiger partial charge on any atom is -0.396 e. The first kappa shape index (κ1) is 34.5. The van der Waals surface area contributed by atoms with Crippen LogP contribution >= 0.6 is 7.14 Å². The van der Waals surface area contributed by atoms with Crippen LogP contribution in [0.15, 0.2) is 36.7 Å². The van der Waals surface area contributed by atoms with E-state index in [4.69, 9.17) is 25.1 Å². The van der Waals surface area contributed by atoms with E-state index in [1.165, 1.54) is 37.1 Å². The van der Waals surface area contributed by atoms with Gasteiger partial charge in [0.05, 0.1) is 13.7 Å². The molecule has 4 aromatic rings. The van der Waals surface area contributed by atoms with Crippen molar-refractivity contribution in [1.29, 1.82) is 0 Å². The van der Waals surface area contributed by atoms with Gasteiger partial charge in [-0.2, -0.15) is 20.2 Å². The van der Waals surface area contributed by atoms with Gasteiger partial charge in [-0.25, -0.2) is 9.97 Å². The lowest BCUT2D eigenvalue weighted by Gasteiger charge is -2.37. The molecule has 2 N–H and O–H groups in total. The molecule has 14 nitrogen and oxygen atoms in total. The largest absolute Gasteiger partial charge is 0.396 e. The Hall–Kier alpha value is -4.03. The second-order valence-electron chi connectivity index (χ2n) is 18.2. The minimum absolute atomic E-state index is 0.114. The van der Waals surface area contributed by atoms with Gasteiger partial charge in [-0.3, -0.25) is 9.36 Å². The van der Waals surface area contributed by atoms with Crippen LogP contribution in [-0.2, 0) is 18.2 Å². The number of piperidine rings is 2. The van der Waals surface area contributed by atoms with Gasteiger partial charge in [-0.05, 0) is 94.6 Å². The molecular formula is C39H53N12O2P. The van der Waals surface area contributed by atoms with Crippen molar-refractivity contribution in [1.82, 2.24) is 39.5 Å². The number of nitrogens with zero attached hydrogens (tertiary/aromatic N) is 11. The maximum absolute atomic E-state index is 12.8. The van der Waals surface area contributed by atoms with Crippen molar-refractivity contribution < 1.29 is 9.67 Å².